The van der Waals surface area contributed by atoms with E-state index in [-0.39, 0.29) is 0 Å². The molecule has 5 nitrogen and oxygen atoms in total. The normalized spacial score (nSPS) is 11.5. The Hall–Kier alpha value is -2.14. The van der Waals surface area contributed by atoms with Gasteiger partial charge in [-0.3, -0.25) is 9.89 Å². The number of H-pyrrole nitrogens is 1. The Morgan fingerprint density at radius 3 is 2.71 bits per heavy atom. The summed E-state index contributed by atoms with van der Waals surface area (Å²) in [7, 11) is 0. The third-order valence-electron chi connectivity index (χ3n) is 3.60. The number of nitrogens with zero attached hydrogens (tertiary/aromatic N) is 1. The van der Waals surface area contributed by atoms with Gasteiger partial charge in [-0.05, 0) is 32.4 Å². The highest BCUT2D eigenvalue weighted by molar-refractivity contribution is 5.73. The van der Waals surface area contributed by atoms with E-state index in [0.29, 0.717) is 19.5 Å². The van der Waals surface area contributed by atoms with Crippen LogP contribution in [0.1, 0.15) is 25.8 Å². The molecule has 0 aliphatic carbocycles. The largest absolute Gasteiger partial charge is 0.481 e. The predicted octanol–water partition coefficient (Wildman–Crippen LogP) is 2.67. The Kier molecular flexibility index (Phi) is 4.75. The van der Waals surface area contributed by atoms with Gasteiger partial charge in [0.05, 0.1) is 17.3 Å². The lowest BCUT2D eigenvalue weighted by atomic mass is 9.90. The molecule has 5 heteroatoms. The topological polar surface area (TPSA) is 78.0 Å². The van der Waals surface area contributed by atoms with Crippen molar-refractivity contribution in [3.63, 3.8) is 0 Å². The summed E-state index contributed by atoms with van der Waals surface area (Å²) in [5.74, 6) is -0.766. The number of nitrogens with one attached hydrogen (secondary N) is 2. The van der Waals surface area contributed by atoms with Crippen molar-refractivity contribution in [2.24, 2.45) is 5.41 Å². The molecule has 0 saturated heterocycles. The second kappa shape index (κ2) is 6.54. The molecule has 2 aromatic rings. The third kappa shape index (κ3) is 3.92. The lowest BCUT2D eigenvalue weighted by Crippen LogP contribution is -2.28. The molecule has 2 rings (SSSR count). The lowest BCUT2D eigenvalue weighted by Gasteiger charge is -2.18. The fourth-order valence-corrected chi connectivity index (χ4v) is 2.03. The molecule has 1 aromatic carbocycles. The summed E-state index contributed by atoms with van der Waals surface area (Å²) in [6.07, 6.45) is 2.39. The van der Waals surface area contributed by atoms with Crippen LogP contribution >= 0.6 is 0 Å². The van der Waals surface area contributed by atoms with Crippen molar-refractivity contribution in [2.75, 3.05) is 6.54 Å². The molecule has 112 valence electrons. The molecule has 0 radical (unpaired) electrons. The van der Waals surface area contributed by atoms with Crippen molar-refractivity contribution in [1.82, 2.24) is 15.5 Å². The maximum atomic E-state index is 11.0. The smallest absolute Gasteiger partial charge is 0.309 e. The van der Waals surface area contributed by atoms with Crippen LogP contribution in [0.5, 0.6) is 0 Å². The van der Waals surface area contributed by atoms with Crippen molar-refractivity contribution in [3.05, 3.63) is 42.1 Å². The van der Waals surface area contributed by atoms with Gasteiger partial charge in [0.15, 0.2) is 0 Å². The molecule has 0 saturated carbocycles. The molecule has 21 heavy (non-hydrogen) atoms. The minimum absolute atomic E-state index is 0.584. The molecule has 0 aliphatic rings. The van der Waals surface area contributed by atoms with Crippen LogP contribution in [0.15, 0.2) is 36.5 Å². The van der Waals surface area contributed by atoms with E-state index in [1.807, 2.05) is 30.3 Å². The van der Waals surface area contributed by atoms with E-state index >= 15 is 0 Å². The number of aromatic amines is 1. The summed E-state index contributed by atoms with van der Waals surface area (Å²) >= 11 is 0. The van der Waals surface area contributed by atoms with E-state index in [4.69, 9.17) is 5.11 Å². The summed E-state index contributed by atoms with van der Waals surface area (Å²) in [5, 5.41) is 19.5. The molecule has 3 N–H and O–H groups in total. The Morgan fingerprint density at radius 2 is 2.05 bits per heavy atom. The first kappa shape index (κ1) is 15.3. The van der Waals surface area contributed by atoms with Gasteiger partial charge in [-0.1, -0.05) is 30.3 Å². The maximum absolute atomic E-state index is 11.0. The maximum Gasteiger partial charge on any atom is 0.309 e. The van der Waals surface area contributed by atoms with Crippen LogP contribution in [0.2, 0.25) is 0 Å². The highest BCUT2D eigenvalue weighted by Crippen LogP contribution is 2.21. The van der Waals surface area contributed by atoms with Crippen LogP contribution in [0, 0.1) is 5.41 Å². The molecule has 0 bridgehead atoms. The van der Waals surface area contributed by atoms with E-state index in [0.717, 1.165) is 16.8 Å². The van der Waals surface area contributed by atoms with Gasteiger partial charge in [-0.15, -0.1) is 0 Å². The number of rotatable bonds is 7. The molecular formula is C16H21N3O2. The predicted molar refractivity (Wildman–Crippen MR) is 81.8 cm³/mol. The third-order valence-corrected chi connectivity index (χ3v) is 3.60. The molecule has 0 spiro atoms. The number of aliphatic carboxylic acids is 1. The van der Waals surface area contributed by atoms with Crippen molar-refractivity contribution in [2.45, 2.75) is 26.8 Å². The number of carboxylic acid groups (broad SMARTS) is 1. The van der Waals surface area contributed by atoms with E-state index in [1.165, 1.54) is 0 Å². The van der Waals surface area contributed by atoms with Gasteiger partial charge in [0, 0.05) is 12.1 Å². The van der Waals surface area contributed by atoms with E-state index < -0.39 is 11.4 Å². The SMILES string of the molecule is CC(C)(CCNCc1cn[nH]c1-c1ccccc1)C(=O)O. The number of hydrogen-bond donors (Lipinski definition) is 3. The van der Waals surface area contributed by atoms with Gasteiger partial charge in [-0.2, -0.15) is 5.10 Å². The Bertz CT molecular complexity index is 591. The number of carbonyl (C=O) groups is 1. The average molecular weight is 287 g/mol. The molecule has 0 amide bonds. The van der Waals surface area contributed by atoms with E-state index in [9.17, 15) is 4.79 Å². The van der Waals surface area contributed by atoms with Crippen molar-refractivity contribution >= 4 is 5.97 Å². The number of benzene rings is 1. The van der Waals surface area contributed by atoms with Gasteiger partial charge in [0.2, 0.25) is 0 Å². The first-order chi connectivity index (χ1) is 10.0. The Labute approximate surface area is 124 Å². The molecule has 0 aliphatic heterocycles. The van der Waals surface area contributed by atoms with Gasteiger partial charge in [0.25, 0.3) is 0 Å². The molecule has 1 aromatic heterocycles. The van der Waals surface area contributed by atoms with Crippen LogP contribution in [-0.4, -0.2) is 27.8 Å². The van der Waals surface area contributed by atoms with Gasteiger partial charge in [0.1, 0.15) is 0 Å². The second-order valence-corrected chi connectivity index (χ2v) is 5.75. The number of carboxylic acids is 1. The van der Waals surface area contributed by atoms with Crippen LogP contribution in [-0.2, 0) is 11.3 Å². The van der Waals surface area contributed by atoms with Crippen molar-refractivity contribution in [3.8, 4) is 11.3 Å². The summed E-state index contributed by atoms with van der Waals surface area (Å²) in [4.78, 5) is 11.0. The molecule has 0 fully saturated rings. The molecular weight excluding hydrogens is 266 g/mol. The number of hydrogen-bond acceptors (Lipinski definition) is 3. The quantitative estimate of drug-likeness (QED) is 0.684. The second-order valence-electron chi connectivity index (χ2n) is 5.75. The fourth-order valence-electron chi connectivity index (χ4n) is 2.03. The Balaban J connectivity index is 1.91. The first-order valence-electron chi connectivity index (χ1n) is 7.02. The zero-order valence-corrected chi connectivity index (χ0v) is 12.4. The summed E-state index contributed by atoms with van der Waals surface area (Å²) < 4.78 is 0. The summed E-state index contributed by atoms with van der Waals surface area (Å²) in [5.41, 5.74) is 2.47. The van der Waals surface area contributed by atoms with Gasteiger partial charge in [-0.25, -0.2) is 0 Å². The average Bonchev–Trinajstić information content (AvgIpc) is 2.93. The van der Waals surface area contributed by atoms with Crippen LogP contribution in [0.25, 0.3) is 11.3 Å². The van der Waals surface area contributed by atoms with Crippen LogP contribution in [0.4, 0.5) is 0 Å². The van der Waals surface area contributed by atoms with Gasteiger partial charge < -0.3 is 10.4 Å². The van der Waals surface area contributed by atoms with Crippen molar-refractivity contribution in [1.29, 1.82) is 0 Å². The lowest BCUT2D eigenvalue weighted by molar-refractivity contribution is -0.147. The fraction of sp³-hybridized carbons (Fsp3) is 0.375. The summed E-state index contributed by atoms with van der Waals surface area (Å²) in [6.45, 7) is 4.80. The zero-order chi connectivity index (χ0) is 15.3. The monoisotopic (exact) mass is 287 g/mol. The standard InChI is InChI=1S/C16H21N3O2/c1-16(2,15(20)21)8-9-17-10-13-11-18-19-14(13)12-6-4-3-5-7-12/h3-7,11,17H,8-10H2,1-2H3,(H,18,19)(H,20,21). The molecule has 0 atom stereocenters. The zero-order valence-electron chi connectivity index (χ0n) is 12.4. The minimum Gasteiger partial charge on any atom is -0.481 e. The molecule has 1 heterocycles. The highest BCUT2D eigenvalue weighted by Gasteiger charge is 2.26. The minimum atomic E-state index is -0.766. The first-order valence-corrected chi connectivity index (χ1v) is 7.02. The Morgan fingerprint density at radius 1 is 1.33 bits per heavy atom. The molecule has 0 unspecified atom stereocenters. The highest BCUT2D eigenvalue weighted by atomic mass is 16.4. The van der Waals surface area contributed by atoms with Crippen LogP contribution in [0.3, 0.4) is 0 Å². The van der Waals surface area contributed by atoms with Crippen LogP contribution < -0.4 is 5.32 Å². The van der Waals surface area contributed by atoms with E-state index in [2.05, 4.69) is 15.5 Å². The van der Waals surface area contributed by atoms with E-state index in [1.54, 1.807) is 20.0 Å². The van der Waals surface area contributed by atoms with Gasteiger partial charge >= 0.3 is 5.97 Å². The summed E-state index contributed by atoms with van der Waals surface area (Å²) in [6, 6.07) is 10.0. The van der Waals surface area contributed by atoms with Crippen molar-refractivity contribution < 1.29 is 9.90 Å². The number of aromatic nitrogens is 2.